The Labute approximate surface area is 116 Å². The zero-order valence-electron chi connectivity index (χ0n) is 11.1. The van der Waals surface area contributed by atoms with Crippen molar-refractivity contribution in [1.82, 2.24) is 15.2 Å². The summed E-state index contributed by atoms with van der Waals surface area (Å²) in [5.41, 5.74) is 0.843. The van der Waals surface area contributed by atoms with Crippen LogP contribution in [0.15, 0.2) is 48.8 Å². The number of carbonyl (C=O) groups excluding carboxylic acids is 2. The van der Waals surface area contributed by atoms with Gasteiger partial charge < -0.3 is 10.2 Å². The van der Waals surface area contributed by atoms with E-state index in [0.29, 0.717) is 13.0 Å². The fourth-order valence-electron chi connectivity index (χ4n) is 1.90. The number of nitrogens with zero attached hydrogens (tertiary/aromatic N) is 2. The molecule has 0 unspecified atom stereocenters. The Bertz CT molecular complexity index is 647. The number of likely N-dealkylation sites (N-methyl/N-ethyl adjacent to an activating group) is 1. The molecule has 102 valence electrons. The molecule has 1 heterocycles. The second-order valence-corrected chi connectivity index (χ2v) is 4.29. The van der Waals surface area contributed by atoms with Gasteiger partial charge in [-0.15, -0.1) is 0 Å². The van der Waals surface area contributed by atoms with Crippen molar-refractivity contribution < 1.29 is 9.59 Å². The predicted molar refractivity (Wildman–Crippen MR) is 76.6 cm³/mol. The highest BCUT2D eigenvalue weighted by atomic mass is 16.2. The van der Waals surface area contributed by atoms with Crippen molar-refractivity contribution >= 4 is 23.1 Å². The molecule has 0 saturated carbocycles. The Balaban J connectivity index is 2.15. The van der Waals surface area contributed by atoms with Gasteiger partial charge in [-0.2, -0.15) is 0 Å². The Morgan fingerprint density at radius 2 is 2.15 bits per heavy atom. The molecular formula is C15H15N3O2. The van der Waals surface area contributed by atoms with Crippen LogP contribution in [0.3, 0.4) is 0 Å². The number of rotatable bonds is 5. The van der Waals surface area contributed by atoms with Gasteiger partial charge in [0.1, 0.15) is 0 Å². The Morgan fingerprint density at radius 3 is 2.95 bits per heavy atom. The van der Waals surface area contributed by atoms with E-state index in [4.69, 9.17) is 0 Å². The van der Waals surface area contributed by atoms with E-state index < -0.39 is 0 Å². The third kappa shape index (κ3) is 3.20. The molecule has 0 radical (unpaired) electrons. The van der Waals surface area contributed by atoms with Crippen LogP contribution in [0.2, 0.25) is 0 Å². The first-order valence-electron chi connectivity index (χ1n) is 6.16. The lowest BCUT2D eigenvalue weighted by Gasteiger charge is -2.15. The molecule has 0 aliphatic rings. The molecule has 1 aromatic carbocycles. The molecule has 5 nitrogen and oxygen atoms in total. The summed E-state index contributed by atoms with van der Waals surface area (Å²) in [5, 5.41) is 4.43. The van der Waals surface area contributed by atoms with Crippen LogP contribution in [0.1, 0.15) is 5.69 Å². The minimum absolute atomic E-state index is 0.200. The van der Waals surface area contributed by atoms with E-state index in [2.05, 4.69) is 10.3 Å². The zero-order valence-corrected chi connectivity index (χ0v) is 11.1. The van der Waals surface area contributed by atoms with Gasteiger partial charge in [0.15, 0.2) is 0 Å². The molecule has 2 amide bonds. The number of fused-ring (bicyclic) bond motifs is 1. The number of hydrogen-bond donors (Lipinski definition) is 1. The van der Waals surface area contributed by atoms with Crippen molar-refractivity contribution in [2.75, 3.05) is 7.05 Å². The highest BCUT2D eigenvalue weighted by Gasteiger charge is 2.09. The van der Waals surface area contributed by atoms with Crippen LogP contribution in [0.25, 0.3) is 10.8 Å². The molecule has 5 heteroatoms. The lowest BCUT2D eigenvalue weighted by atomic mass is 10.1. The van der Waals surface area contributed by atoms with Crippen molar-refractivity contribution in [1.29, 1.82) is 0 Å². The largest absolute Gasteiger partial charge is 0.336 e. The van der Waals surface area contributed by atoms with Crippen molar-refractivity contribution in [3.63, 3.8) is 0 Å². The maximum atomic E-state index is 11.8. The average molecular weight is 269 g/mol. The maximum absolute atomic E-state index is 11.8. The number of carbonyl (C=O) groups is 2. The number of benzene rings is 1. The van der Waals surface area contributed by atoms with E-state index in [1.807, 2.05) is 30.3 Å². The smallest absolute Gasteiger partial charge is 0.248 e. The van der Waals surface area contributed by atoms with Crippen molar-refractivity contribution in [2.24, 2.45) is 0 Å². The van der Waals surface area contributed by atoms with Gasteiger partial charge in [-0.3, -0.25) is 14.6 Å². The average Bonchev–Trinajstić information content (AvgIpc) is 2.47. The van der Waals surface area contributed by atoms with E-state index in [1.165, 1.54) is 17.2 Å². The molecule has 0 aliphatic heterocycles. The summed E-state index contributed by atoms with van der Waals surface area (Å²) < 4.78 is 0. The zero-order chi connectivity index (χ0) is 14.4. The molecule has 1 aromatic heterocycles. The highest BCUT2D eigenvalue weighted by molar-refractivity contribution is 5.88. The van der Waals surface area contributed by atoms with Crippen LogP contribution in [-0.4, -0.2) is 29.2 Å². The van der Waals surface area contributed by atoms with E-state index >= 15 is 0 Å². The Morgan fingerprint density at radius 1 is 1.35 bits per heavy atom. The molecule has 1 N–H and O–H groups in total. The number of aromatic nitrogens is 1. The van der Waals surface area contributed by atoms with Gasteiger partial charge in [0, 0.05) is 30.9 Å². The van der Waals surface area contributed by atoms with E-state index in [9.17, 15) is 9.59 Å². The third-order valence-electron chi connectivity index (χ3n) is 2.91. The lowest BCUT2D eigenvalue weighted by molar-refractivity contribution is -0.125. The summed E-state index contributed by atoms with van der Waals surface area (Å²) in [6.45, 7) is 0.408. The minimum Gasteiger partial charge on any atom is -0.336 e. The number of pyridine rings is 1. The monoisotopic (exact) mass is 269 g/mol. The van der Waals surface area contributed by atoms with Crippen molar-refractivity contribution in [2.45, 2.75) is 6.54 Å². The van der Waals surface area contributed by atoms with Crippen molar-refractivity contribution in [3.05, 3.63) is 54.5 Å². The molecule has 0 saturated heterocycles. The summed E-state index contributed by atoms with van der Waals surface area (Å²) in [6, 6.07) is 9.85. The standard InChI is InChI=1S/C15H15N3O2/c1-18(15(20)7-8-16-11-19)10-14-13-5-3-2-4-12(13)6-9-17-14/h2-9,11H,10H2,1H3,(H,16,19)/b8-7-. The Kier molecular flexibility index (Phi) is 4.44. The first-order chi connectivity index (χ1) is 9.72. The maximum Gasteiger partial charge on any atom is 0.248 e. The summed E-state index contributed by atoms with van der Waals surface area (Å²) in [5.74, 6) is -0.200. The Hall–Kier alpha value is -2.69. The van der Waals surface area contributed by atoms with Gasteiger partial charge in [0.05, 0.1) is 12.2 Å². The number of hydrogen-bond acceptors (Lipinski definition) is 3. The van der Waals surface area contributed by atoms with Crippen LogP contribution >= 0.6 is 0 Å². The fraction of sp³-hybridized carbons (Fsp3) is 0.133. The molecule has 20 heavy (non-hydrogen) atoms. The summed E-state index contributed by atoms with van der Waals surface area (Å²) in [6.07, 6.45) is 4.86. The van der Waals surface area contributed by atoms with E-state index in [0.717, 1.165) is 16.5 Å². The third-order valence-corrected chi connectivity index (χ3v) is 2.91. The molecule has 0 spiro atoms. The lowest BCUT2D eigenvalue weighted by Crippen LogP contribution is -2.25. The van der Waals surface area contributed by atoms with E-state index in [1.54, 1.807) is 13.2 Å². The van der Waals surface area contributed by atoms with Crippen LogP contribution in [0, 0.1) is 0 Å². The normalized spacial score (nSPS) is 10.7. The van der Waals surface area contributed by atoms with Crippen molar-refractivity contribution in [3.8, 4) is 0 Å². The second kappa shape index (κ2) is 6.47. The molecule has 0 fully saturated rings. The second-order valence-electron chi connectivity index (χ2n) is 4.29. The number of amides is 2. The molecular weight excluding hydrogens is 254 g/mol. The van der Waals surface area contributed by atoms with Crippen LogP contribution < -0.4 is 5.32 Å². The first-order valence-corrected chi connectivity index (χ1v) is 6.16. The fourth-order valence-corrected chi connectivity index (χ4v) is 1.90. The summed E-state index contributed by atoms with van der Waals surface area (Å²) in [4.78, 5) is 27.8. The van der Waals surface area contributed by atoms with E-state index in [-0.39, 0.29) is 5.91 Å². The predicted octanol–water partition coefficient (Wildman–Crippen LogP) is 1.45. The summed E-state index contributed by atoms with van der Waals surface area (Å²) >= 11 is 0. The van der Waals surface area contributed by atoms with Crippen LogP contribution in [0.5, 0.6) is 0 Å². The molecule has 2 aromatic rings. The molecule has 0 bridgehead atoms. The number of nitrogens with one attached hydrogen (secondary N) is 1. The molecule has 0 aliphatic carbocycles. The van der Waals surface area contributed by atoms with Crippen LogP contribution in [0.4, 0.5) is 0 Å². The van der Waals surface area contributed by atoms with Crippen LogP contribution in [-0.2, 0) is 16.1 Å². The van der Waals surface area contributed by atoms with Gasteiger partial charge >= 0.3 is 0 Å². The van der Waals surface area contributed by atoms with Gasteiger partial charge in [-0.1, -0.05) is 24.3 Å². The quantitative estimate of drug-likeness (QED) is 0.660. The molecule has 2 rings (SSSR count). The van der Waals surface area contributed by atoms with Gasteiger partial charge in [-0.25, -0.2) is 0 Å². The van der Waals surface area contributed by atoms with Gasteiger partial charge in [-0.05, 0) is 11.5 Å². The first kappa shape index (κ1) is 13.7. The van der Waals surface area contributed by atoms with Gasteiger partial charge in [0.25, 0.3) is 0 Å². The SMILES string of the molecule is CN(Cc1nccc2ccccc12)C(=O)/C=C\NC=O. The van der Waals surface area contributed by atoms with Gasteiger partial charge in [0.2, 0.25) is 12.3 Å². The highest BCUT2D eigenvalue weighted by Crippen LogP contribution is 2.17. The topological polar surface area (TPSA) is 62.3 Å². The summed E-state index contributed by atoms with van der Waals surface area (Å²) in [7, 11) is 1.69. The minimum atomic E-state index is -0.200. The molecule has 0 atom stereocenters.